The lowest BCUT2D eigenvalue weighted by Crippen LogP contribution is -1.90. The van der Waals surface area contributed by atoms with Crippen LogP contribution >= 0.6 is 0 Å². The molecule has 0 spiro atoms. The first-order valence-electron chi connectivity index (χ1n) is 13.7. The number of nitrogens with zero attached hydrogens (tertiary/aromatic N) is 4. The smallest absolute Gasteiger partial charge is 0.226 e. The van der Waals surface area contributed by atoms with Gasteiger partial charge in [0, 0.05) is 23.3 Å². The molecule has 0 unspecified atom stereocenters. The summed E-state index contributed by atoms with van der Waals surface area (Å²) in [5.41, 5.74) is 6.59. The van der Waals surface area contributed by atoms with Gasteiger partial charge >= 0.3 is 0 Å². The van der Waals surface area contributed by atoms with E-state index in [1.807, 2.05) is 12.1 Å². The highest BCUT2D eigenvalue weighted by molar-refractivity contribution is 6.11. The highest BCUT2D eigenvalue weighted by Crippen LogP contribution is 2.54. The fraction of sp³-hybridized carbons (Fsp3) is 0. The van der Waals surface area contributed by atoms with E-state index in [1.165, 1.54) is 24.3 Å². The molecule has 0 saturated carbocycles. The van der Waals surface area contributed by atoms with E-state index in [2.05, 4.69) is 9.69 Å². The molecule has 8 heteroatoms. The molecule has 2 aliphatic rings. The lowest BCUT2D eigenvalue weighted by atomic mass is 9.95. The number of benzene rings is 5. The summed E-state index contributed by atoms with van der Waals surface area (Å²) in [6, 6.07) is 24.1. The van der Waals surface area contributed by atoms with Crippen LogP contribution in [0, 0.1) is 59.1 Å². The van der Waals surface area contributed by atoms with Crippen LogP contribution in [0.15, 0.2) is 96.3 Å². The first kappa shape index (κ1) is 28.1. The second-order valence-electron chi connectivity index (χ2n) is 10.7. The third-order valence-electron chi connectivity index (χ3n) is 8.16. The van der Waals surface area contributed by atoms with Crippen molar-refractivity contribution in [1.82, 2.24) is 0 Å². The fourth-order valence-corrected chi connectivity index (χ4v) is 6.31. The Kier molecular flexibility index (Phi) is 6.38. The fourth-order valence-electron chi connectivity index (χ4n) is 6.31. The zero-order valence-corrected chi connectivity index (χ0v) is 23.4. The molecule has 5 aromatic carbocycles. The Bertz CT molecular complexity index is 2220. The number of allylic oxidation sites excluding steroid dienone is 2. The number of halogens is 4. The van der Waals surface area contributed by atoms with Crippen molar-refractivity contribution in [2.45, 2.75) is 0 Å². The molecule has 46 heavy (non-hydrogen) atoms. The van der Waals surface area contributed by atoms with Crippen molar-refractivity contribution < 1.29 is 17.6 Å². The summed E-state index contributed by atoms with van der Waals surface area (Å²) < 4.78 is 56.3. The van der Waals surface area contributed by atoms with Gasteiger partial charge in [0.1, 0.15) is 23.3 Å². The predicted molar refractivity (Wildman–Crippen MR) is 164 cm³/mol. The quantitative estimate of drug-likeness (QED) is 0.112. The molecule has 5 aromatic rings. The summed E-state index contributed by atoms with van der Waals surface area (Å²) >= 11 is 0. The number of fused-ring (bicyclic) bond motifs is 6. The normalized spacial score (nSPS) is 14.1. The molecule has 0 aromatic heterocycles. The van der Waals surface area contributed by atoms with Crippen molar-refractivity contribution in [3.63, 3.8) is 0 Å². The van der Waals surface area contributed by atoms with Gasteiger partial charge in [-0.25, -0.2) is 37.8 Å². The van der Waals surface area contributed by atoms with E-state index in [9.17, 15) is 28.1 Å². The molecule has 0 amide bonds. The second kappa shape index (κ2) is 10.5. The topological polar surface area (TPSA) is 56.3 Å². The van der Waals surface area contributed by atoms with Crippen molar-refractivity contribution in [2.75, 3.05) is 0 Å². The highest BCUT2D eigenvalue weighted by atomic mass is 19.1. The number of hydrogen-bond donors (Lipinski definition) is 0. The third-order valence-corrected chi connectivity index (χ3v) is 8.16. The first-order valence-corrected chi connectivity index (χ1v) is 13.7. The molecule has 0 radical (unpaired) electrons. The summed E-state index contributed by atoms with van der Waals surface area (Å²) in [5.74, 6) is -2.99. The average molecular weight is 603 g/mol. The van der Waals surface area contributed by atoms with E-state index in [0.29, 0.717) is 66.8 Å². The van der Waals surface area contributed by atoms with E-state index in [0.717, 1.165) is 12.1 Å². The van der Waals surface area contributed by atoms with Gasteiger partial charge in [-0.1, -0.05) is 24.3 Å². The molecule has 0 N–H and O–H groups in total. The minimum absolute atomic E-state index is 0.182. The Morgan fingerprint density at radius 2 is 0.783 bits per heavy atom. The van der Waals surface area contributed by atoms with Crippen molar-refractivity contribution in [1.29, 1.82) is 10.5 Å². The van der Waals surface area contributed by atoms with Crippen LogP contribution in [-0.4, -0.2) is 0 Å². The van der Waals surface area contributed by atoms with Crippen molar-refractivity contribution in [3.05, 3.63) is 165 Å². The van der Waals surface area contributed by atoms with Crippen molar-refractivity contribution >= 4 is 11.1 Å². The monoisotopic (exact) mass is 602 g/mol. The summed E-state index contributed by atoms with van der Waals surface area (Å²) in [6.45, 7) is 15.5. The van der Waals surface area contributed by atoms with E-state index in [-0.39, 0.29) is 22.5 Å². The van der Waals surface area contributed by atoms with E-state index >= 15 is 0 Å². The molecule has 7 rings (SSSR count). The van der Waals surface area contributed by atoms with Gasteiger partial charge in [-0.05, 0) is 115 Å². The Balaban J connectivity index is 1.49. The lowest BCUT2D eigenvalue weighted by Gasteiger charge is -2.09. The second-order valence-corrected chi connectivity index (χ2v) is 10.7. The molecule has 0 bridgehead atoms. The van der Waals surface area contributed by atoms with Crippen LogP contribution in [0.1, 0.15) is 22.3 Å². The number of rotatable bonds is 2. The molecule has 0 fully saturated rings. The summed E-state index contributed by atoms with van der Waals surface area (Å²) in [6.07, 6.45) is 0. The maximum Gasteiger partial charge on any atom is 0.270 e. The minimum atomic E-state index is -0.748. The van der Waals surface area contributed by atoms with E-state index < -0.39 is 23.3 Å². The van der Waals surface area contributed by atoms with Crippen LogP contribution in [0.5, 0.6) is 0 Å². The highest BCUT2D eigenvalue weighted by Gasteiger charge is 2.33. The van der Waals surface area contributed by atoms with Gasteiger partial charge in [0.25, 0.3) is 11.4 Å². The summed E-state index contributed by atoms with van der Waals surface area (Å²) in [7, 11) is 0. The Hall–Kier alpha value is -6.74. The van der Waals surface area contributed by atoms with Crippen molar-refractivity contribution in [3.8, 4) is 56.6 Å². The largest absolute Gasteiger partial charge is 0.270 e. The van der Waals surface area contributed by atoms with Crippen LogP contribution in [0.4, 0.5) is 17.6 Å². The number of nitriles is 2. The molecule has 0 heterocycles. The standard InChI is InChI=1S/C38H14F4N4/c1-45-35(17-43)37-31-11-19(21-7-23(39)13-24(40)8-21)3-5-27(31)29-16-34-30(15-33(29)37)28-6-4-20(22-9-25(41)14-26(42)10-22)12-32(28)38(34)36(18-44)46-2/h3-16H/b37-35-,38-36+. The van der Waals surface area contributed by atoms with Crippen LogP contribution in [0.2, 0.25) is 0 Å². The van der Waals surface area contributed by atoms with Gasteiger partial charge in [0.15, 0.2) is 0 Å². The van der Waals surface area contributed by atoms with Gasteiger partial charge in [0.05, 0.1) is 25.3 Å². The maximum absolute atomic E-state index is 14.1. The molecule has 0 aliphatic heterocycles. The zero-order chi connectivity index (χ0) is 32.3. The van der Waals surface area contributed by atoms with Crippen LogP contribution < -0.4 is 0 Å². The third kappa shape index (κ3) is 4.26. The summed E-state index contributed by atoms with van der Waals surface area (Å²) in [4.78, 5) is 6.96. The molecule has 0 saturated heterocycles. The Morgan fingerprint density at radius 1 is 0.435 bits per heavy atom. The molecular weight excluding hydrogens is 588 g/mol. The van der Waals surface area contributed by atoms with Gasteiger partial charge in [-0.2, -0.15) is 0 Å². The van der Waals surface area contributed by atoms with Crippen LogP contribution in [0.25, 0.3) is 65.3 Å². The Morgan fingerprint density at radius 3 is 1.11 bits per heavy atom. The summed E-state index contributed by atoms with van der Waals surface area (Å²) in [5, 5.41) is 19.9. The first-order chi connectivity index (χ1) is 22.2. The van der Waals surface area contributed by atoms with Gasteiger partial charge < -0.3 is 0 Å². The number of hydrogen-bond acceptors (Lipinski definition) is 2. The maximum atomic E-state index is 14.1. The zero-order valence-electron chi connectivity index (χ0n) is 23.4. The van der Waals surface area contributed by atoms with E-state index in [4.69, 9.17) is 13.1 Å². The van der Waals surface area contributed by atoms with Gasteiger partial charge in [-0.15, -0.1) is 0 Å². The van der Waals surface area contributed by atoms with Crippen LogP contribution in [0.3, 0.4) is 0 Å². The van der Waals surface area contributed by atoms with E-state index in [1.54, 1.807) is 48.5 Å². The SMILES string of the molecule is [C-]#[N+]/C(C#N)=C1/c2cc(-c3cc(F)cc(F)c3)ccc2-c2cc3c(cc21)-c1ccc(-c2cc(F)cc(F)c2)cc1/C3=C(/C#N)[N+]#[C-]. The van der Waals surface area contributed by atoms with Crippen LogP contribution in [-0.2, 0) is 0 Å². The van der Waals surface area contributed by atoms with Crippen molar-refractivity contribution in [2.24, 2.45) is 0 Å². The van der Waals surface area contributed by atoms with Gasteiger partial charge in [0.2, 0.25) is 0 Å². The molecule has 0 atom stereocenters. The molecule has 4 nitrogen and oxygen atoms in total. The Labute approximate surface area is 260 Å². The van der Waals surface area contributed by atoms with Gasteiger partial charge in [-0.3, -0.25) is 0 Å². The lowest BCUT2D eigenvalue weighted by molar-refractivity contribution is 0.583. The molecule has 214 valence electrons. The minimum Gasteiger partial charge on any atom is -0.226 e. The predicted octanol–water partition coefficient (Wildman–Crippen LogP) is 9.94. The molecular formula is C38H14F4N4. The molecule has 2 aliphatic carbocycles. The average Bonchev–Trinajstić information content (AvgIpc) is 3.52.